The molecule has 0 heterocycles. The number of nitrogens with one attached hydrogen (secondary N) is 1. The van der Waals surface area contributed by atoms with E-state index in [2.05, 4.69) is 5.32 Å². The predicted molar refractivity (Wildman–Crippen MR) is 38.5 cm³/mol. The number of hydrogen-bond donors (Lipinski definition) is 1. The number of allylic oxidation sites excluding steroid dienone is 1. The van der Waals surface area contributed by atoms with Gasteiger partial charge in [-0.15, -0.1) is 0 Å². The van der Waals surface area contributed by atoms with Crippen LogP contribution in [0.2, 0.25) is 0 Å². The van der Waals surface area contributed by atoms with E-state index < -0.39 is 0 Å². The molecule has 0 aliphatic rings. The van der Waals surface area contributed by atoms with Crippen molar-refractivity contribution < 1.29 is 9.59 Å². The van der Waals surface area contributed by atoms with E-state index in [4.69, 9.17) is 0 Å². The first-order valence-electron chi connectivity index (χ1n) is 3.04. The lowest BCUT2D eigenvalue weighted by atomic mass is 10.4. The standard InChI is InChI=1S/C7H11NO2/c1-6(9)4-3-5-8-7(2)10/h3-4H,5H2,1-2H3,(H,8,10)/b4-3+. The van der Waals surface area contributed by atoms with Gasteiger partial charge in [-0.05, 0) is 13.0 Å². The van der Waals surface area contributed by atoms with Crippen LogP contribution in [0.25, 0.3) is 0 Å². The van der Waals surface area contributed by atoms with Gasteiger partial charge in [0.1, 0.15) is 0 Å². The van der Waals surface area contributed by atoms with E-state index in [1.807, 2.05) is 0 Å². The molecule has 0 aliphatic heterocycles. The molecule has 3 heteroatoms. The summed E-state index contributed by atoms with van der Waals surface area (Å²) < 4.78 is 0. The Bertz CT molecular complexity index is 161. The highest BCUT2D eigenvalue weighted by Crippen LogP contribution is 1.72. The summed E-state index contributed by atoms with van der Waals surface area (Å²) in [7, 11) is 0. The van der Waals surface area contributed by atoms with E-state index in [0.717, 1.165) is 0 Å². The summed E-state index contributed by atoms with van der Waals surface area (Å²) >= 11 is 0. The minimum atomic E-state index is -0.0896. The first-order valence-corrected chi connectivity index (χ1v) is 3.04. The van der Waals surface area contributed by atoms with Crippen LogP contribution >= 0.6 is 0 Å². The Hall–Kier alpha value is -1.12. The number of carbonyl (C=O) groups excluding carboxylic acids is 2. The van der Waals surface area contributed by atoms with E-state index in [0.29, 0.717) is 6.54 Å². The number of rotatable bonds is 3. The Morgan fingerprint density at radius 3 is 2.40 bits per heavy atom. The normalized spacial score (nSPS) is 9.80. The minimum absolute atomic E-state index is 0.00893. The highest BCUT2D eigenvalue weighted by Gasteiger charge is 1.85. The molecule has 0 aromatic heterocycles. The maximum absolute atomic E-state index is 10.3. The van der Waals surface area contributed by atoms with Crippen LogP contribution in [0.1, 0.15) is 13.8 Å². The summed E-state index contributed by atoms with van der Waals surface area (Å²) in [5.41, 5.74) is 0. The number of carbonyl (C=O) groups is 2. The van der Waals surface area contributed by atoms with Crippen LogP contribution in [0.4, 0.5) is 0 Å². The van der Waals surface area contributed by atoms with E-state index in [-0.39, 0.29) is 11.7 Å². The number of ketones is 1. The second-order valence-corrected chi connectivity index (χ2v) is 1.95. The van der Waals surface area contributed by atoms with Gasteiger partial charge in [-0.3, -0.25) is 9.59 Å². The van der Waals surface area contributed by atoms with Crippen LogP contribution in [0.3, 0.4) is 0 Å². The van der Waals surface area contributed by atoms with Crippen molar-refractivity contribution in [2.45, 2.75) is 13.8 Å². The quantitative estimate of drug-likeness (QED) is 0.573. The van der Waals surface area contributed by atoms with Crippen molar-refractivity contribution in [3.05, 3.63) is 12.2 Å². The predicted octanol–water partition coefficient (Wildman–Crippen LogP) is 0.268. The summed E-state index contributed by atoms with van der Waals surface area (Å²) in [4.78, 5) is 20.5. The van der Waals surface area contributed by atoms with Crippen LogP contribution in [0.15, 0.2) is 12.2 Å². The molecule has 0 fully saturated rings. The van der Waals surface area contributed by atoms with Crippen LogP contribution in [-0.4, -0.2) is 18.2 Å². The van der Waals surface area contributed by atoms with Crippen molar-refractivity contribution in [1.29, 1.82) is 0 Å². The molecule has 0 rings (SSSR count). The van der Waals surface area contributed by atoms with Crippen LogP contribution in [0.5, 0.6) is 0 Å². The van der Waals surface area contributed by atoms with Crippen molar-refractivity contribution in [2.24, 2.45) is 0 Å². The highest BCUT2D eigenvalue weighted by molar-refractivity contribution is 5.87. The lowest BCUT2D eigenvalue weighted by Crippen LogP contribution is -2.19. The van der Waals surface area contributed by atoms with Crippen molar-refractivity contribution in [3.63, 3.8) is 0 Å². The largest absolute Gasteiger partial charge is 0.353 e. The SMILES string of the molecule is CC(=O)/C=C/CNC(C)=O. The van der Waals surface area contributed by atoms with Crippen molar-refractivity contribution in [3.8, 4) is 0 Å². The van der Waals surface area contributed by atoms with Gasteiger partial charge in [-0.1, -0.05) is 6.08 Å². The molecule has 0 saturated heterocycles. The fourth-order valence-electron chi connectivity index (χ4n) is 0.428. The van der Waals surface area contributed by atoms with E-state index in [1.54, 1.807) is 6.08 Å². The van der Waals surface area contributed by atoms with Gasteiger partial charge < -0.3 is 5.32 Å². The molecule has 0 unspecified atom stereocenters. The smallest absolute Gasteiger partial charge is 0.217 e. The third kappa shape index (κ3) is 6.88. The summed E-state index contributed by atoms with van der Waals surface area (Å²) in [6.45, 7) is 3.32. The summed E-state index contributed by atoms with van der Waals surface area (Å²) in [6, 6.07) is 0. The molecule has 0 bridgehead atoms. The Balaban J connectivity index is 3.36. The minimum Gasteiger partial charge on any atom is -0.353 e. The molecule has 0 spiro atoms. The zero-order chi connectivity index (χ0) is 7.98. The van der Waals surface area contributed by atoms with E-state index >= 15 is 0 Å². The van der Waals surface area contributed by atoms with Gasteiger partial charge in [0, 0.05) is 13.5 Å². The van der Waals surface area contributed by atoms with Gasteiger partial charge >= 0.3 is 0 Å². The average molecular weight is 141 g/mol. The number of hydrogen-bond acceptors (Lipinski definition) is 2. The second kappa shape index (κ2) is 4.73. The van der Waals surface area contributed by atoms with Gasteiger partial charge in [-0.2, -0.15) is 0 Å². The van der Waals surface area contributed by atoms with Crippen LogP contribution in [0, 0.1) is 0 Å². The van der Waals surface area contributed by atoms with Gasteiger partial charge in [0.2, 0.25) is 5.91 Å². The maximum atomic E-state index is 10.3. The van der Waals surface area contributed by atoms with Crippen LogP contribution in [-0.2, 0) is 9.59 Å². The maximum Gasteiger partial charge on any atom is 0.217 e. The summed E-state index contributed by atoms with van der Waals surface area (Å²) in [5.74, 6) is -0.0986. The molecule has 3 nitrogen and oxygen atoms in total. The zero-order valence-electron chi connectivity index (χ0n) is 6.18. The topological polar surface area (TPSA) is 46.2 Å². The monoisotopic (exact) mass is 141 g/mol. The fourth-order valence-corrected chi connectivity index (χ4v) is 0.428. The lowest BCUT2D eigenvalue weighted by Gasteiger charge is -1.92. The molecular weight excluding hydrogens is 130 g/mol. The molecule has 0 saturated carbocycles. The van der Waals surface area contributed by atoms with Gasteiger partial charge in [0.05, 0.1) is 0 Å². The first kappa shape index (κ1) is 8.88. The average Bonchev–Trinajstić information content (AvgIpc) is 1.79. The first-order chi connectivity index (χ1) is 4.63. The molecule has 0 atom stereocenters. The number of amides is 1. The van der Waals surface area contributed by atoms with E-state index in [9.17, 15) is 9.59 Å². The molecule has 1 amide bonds. The Kier molecular flexibility index (Phi) is 4.20. The van der Waals surface area contributed by atoms with Crippen molar-refractivity contribution in [1.82, 2.24) is 5.32 Å². The Morgan fingerprint density at radius 2 is 2.00 bits per heavy atom. The Morgan fingerprint density at radius 1 is 1.40 bits per heavy atom. The molecule has 56 valence electrons. The summed E-state index contributed by atoms with van der Waals surface area (Å²) in [5, 5.41) is 2.52. The molecule has 0 aromatic carbocycles. The van der Waals surface area contributed by atoms with Gasteiger partial charge in [0.25, 0.3) is 0 Å². The van der Waals surface area contributed by atoms with Gasteiger partial charge in [-0.25, -0.2) is 0 Å². The fraction of sp³-hybridized carbons (Fsp3) is 0.429. The zero-order valence-corrected chi connectivity index (χ0v) is 6.18. The molecule has 1 N–H and O–H groups in total. The van der Waals surface area contributed by atoms with Gasteiger partial charge in [0.15, 0.2) is 5.78 Å². The Labute approximate surface area is 60.1 Å². The lowest BCUT2D eigenvalue weighted by molar-refractivity contribution is -0.118. The molecule has 0 aliphatic carbocycles. The molecular formula is C7H11NO2. The third-order valence-corrected chi connectivity index (χ3v) is 0.821. The van der Waals surface area contributed by atoms with Crippen molar-refractivity contribution >= 4 is 11.7 Å². The van der Waals surface area contributed by atoms with Crippen LogP contribution < -0.4 is 5.32 Å². The summed E-state index contributed by atoms with van der Waals surface area (Å²) in [6.07, 6.45) is 3.04. The molecule has 0 aromatic rings. The molecule has 10 heavy (non-hydrogen) atoms. The second-order valence-electron chi connectivity index (χ2n) is 1.95. The molecule has 0 radical (unpaired) electrons. The van der Waals surface area contributed by atoms with E-state index in [1.165, 1.54) is 19.9 Å². The van der Waals surface area contributed by atoms with Crippen molar-refractivity contribution in [2.75, 3.05) is 6.54 Å². The third-order valence-electron chi connectivity index (χ3n) is 0.821. The highest BCUT2D eigenvalue weighted by atomic mass is 16.1.